The van der Waals surface area contributed by atoms with Crippen LogP contribution in [-0.2, 0) is 4.74 Å². The molecule has 0 aliphatic carbocycles. The summed E-state index contributed by atoms with van der Waals surface area (Å²) >= 11 is 0. The van der Waals surface area contributed by atoms with E-state index in [9.17, 15) is 0 Å². The first-order valence-corrected chi connectivity index (χ1v) is 5.83. The molecule has 14 heavy (non-hydrogen) atoms. The molecule has 2 N–H and O–H groups in total. The van der Waals surface area contributed by atoms with Crippen molar-refractivity contribution >= 4 is 0 Å². The summed E-state index contributed by atoms with van der Waals surface area (Å²) in [4.78, 5) is 2.51. The molecule has 0 saturated carbocycles. The van der Waals surface area contributed by atoms with Crippen LogP contribution in [0.1, 0.15) is 26.7 Å². The van der Waals surface area contributed by atoms with E-state index in [0.29, 0.717) is 5.92 Å². The van der Waals surface area contributed by atoms with E-state index in [1.165, 1.54) is 25.9 Å². The Bertz CT molecular complexity index is 146. The van der Waals surface area contributed by atoms with Gasteiger partial charge in [0.15, 0.2) is 0 Å². The summed E-state index contributed by atoms with van der Waals surface area (Å²) in [5.74, 6) is 0.549. The van der Waals surface area contributed by atoms with Crippen molar-refractivity contribution in [3.05, 3.63) is 0 Å². The van der Waals surface area contributed by atoms with Gasteiger partial charge in [0, 0.05) is 18.5 Å². The topological polar surface area (TPSA) is 38.5 Å². The van der Waals surface area contributed by atoms with Gasteiger partial charge in [0.25, 0.3) is 0 Å². The second-order valence-electron chi connectivity index (χ2n) is 4.26. The molecule has 0 radical (unpaired) electrons. The summed E-state index contributed by atoms with van der Waals surface area (Å²) in [5.41, 5.74) is 5.97. The van der Waals surface area contributed by atoms with Crippen molar-refractivity contribution in [2.24, 2.45) is 11.7 Å². The Labute approximate surface area is 87.6 Å². The maximum atomic E-state index is 5.97. The molecule has 0 aromatic heterocycles. The lowest BCUT2D eigenvalue weighted by Crippen LogP contribution is -2.39. The summed E-state index contributed by atoms with van der Waals surface area (Å²) < 4.78 is 5.37. The lowest BCUT2D eigenvalue weighted by Gasteiger charge is -2.25. The van der Waals surface area contributed by atoms with Gasteiger partial charge >= 0.3 is 0 Å². The fraction of sp³-hybridized carbons (Fsp3) is 1.00. The molecule has 2 unspecified atom stereocenters. The second-order valence-corrected chi connectivity index (χ2v) is 4.26. The molecule has 1 aliphatic rings. The van der Waals surface area contributed by atoms with E-state index in [-0.39, 0.29) is 6.04 Å². The number of nitrogens with zero attached hydrogens (tertiary/aromatic N) is 1. The molecule has 1 fully saturated rings. The molecule has 84 valence electrons. The molecule has 0 aromatic carbocycles. The van der Waals surface area contributed by atoms with E-state index in [1.54, 1.807) is 0 Å². The van der Waals surface area contributed by atoms with Crippen molar-refractivity contribution in [3.8, 4) is 0 Å². The van der Waals surface area contributed by atoms with Crippen molar-refractivity contribution in [1.82, 2.24) is 4.90 Å². The van der Waals surface area contributed by atoms with Gasteiger partial charge in [-0.05, 0) is 25.9 Å². The Kier molecular flexibility index (Phi) is 5.45. The molecule has 2 atom stereocenters. The zero-order valence-electron chi connectivity index (χ0n) is 9.54. The van der Waals surface area contributed by atoms with E-state index < -0.39 is 0 Å². The monoisotopic (exact) mass is 200 g/mol. The van der Waals surface area contributed by atoms with Crippen LogP contribution in [0.15, 0.2) is 0 Å². The lowest BCUT2D eigenvalue weighted by atomic mass is 10.0. The van der Waals surface area contributed by atoms with Crippen molar-refractivity contribution < 1.29 is 4.74 Å². The molecule has 3 nitrogen and oxygen atoms in total. The van der Waals surface area contributed by atoms with Crippen LogP contribution in [0.25, 0.3) is 0 Å². The van der Waals surface area contributed by atoms with Crippen LogP contribution in [-0.4, -0.2) is 43.8 Å². The quantitative estimate of drug-likeness (QED) is 0.697. The Hall–Kier alpha value is -0.120. The molecule has 3 heteroatoms. The van der Waals surface area contributed by atoms with Crippen molar-refractivity contribution in [3.63, 3.8) is 0 Å². The van der Waals surface area contributed by atoms with Gasteiger partial charge < -0.3 is 15.4 Å². The zero-order valence-corrected chi connectivity index (χ0v) is 9.54. The molecule has 0 amide bonds. The highest BCUT2D eigenvalue weighted by Gasteiger charge is 2.26. The van der Waals surface area contributed by atoms with Gasteiger partial charge in [0.1, 0.15) is 0 Å². The Morgan fingerprint density at radius 2 is 1.86 bits per heavy atom. The molecule has 1 rings (SSSR count). The molecule has 0 bridgehead atoms. The van der Waals surface area contributed by atoms with Crippen LogP contribution in [0.4, 0.5) is 0 Å². The van der Waals surface area contributed by atoms with Gasteiger partial charge in [-0.1, -0.05) is 13.8 Å². The van der Waals surface area contributed by atoms with E-state index in [4.69, 9.17) is 10.5 Å². The van der Waals surface area contributed by atoms with Gasteiger partial charge in [-0.3, -0.25) is 0 Å². The van der Waals surface area contributed by atoms with Crippen molar-refractivity contribution in [2.45, 2.75) is 32.7 Å². The minimum Gasteiger partial charge on any atom is -0.379 e. The number of hydrogen-bond acceptors (Lipinski definition) is 3. The lowest BCUT2D eigenvalue weighted by molar-refractivity contribution is 0.167. The van der Waals surface area contributed by atoms with E-state index in [1.807, 2.05) is 0 Å². The van der Waals surface area contributed by atoms with Crippen LogP contribution in [0.3, 0.4) is 0 Å². The first kappa shape index (κ1) is 12.0. The smallest absolute Gasteiger partial charge is 0.0621 e. The number of ether oxygens (including phenoxy) is 1. The van der Waals surface area contributed by atoms with Crippen molar-refractivity contribution in [2.75, 3.05) is 32.8 Å². The Balaban J connectivity index is 2.29. The van der Waals surface area contributed by atoms with Gasteiger partial charge in [-0.2, -0.15) is 0 Å². The third-order valence-electron chi connectivity index (χ3n) is 2.82. The average Bonchev–Trinajstić information content (AvgIpc) is 2.53. The van der Waals surface area contributed by atoms with Crippen LogP contribution < -0.4 is 5.73 Å². The number of rotatable bonds is 6. The standard InChI is InChI=1S/C11H24N2O/c1-3-5-13(6-4-2)7-10-8-14-9-11(10)12/h10-11H,3-9,12H2,1-2H3. The highest BCUT2D eigenvalue weighted by atomic mass is 16.5. The highest BCUT2D eigenvalue weighted by molar-refractivity contribution is 4.80. The average molecular weight is 200 g/mol. The maximum Gasteiger partial charge on any atom is 0.0621 e. The third-order valence-corrected chi connectivity index (χ3v) is 2.82. The van der Waals surface area contributed by atoms with Crippen LogP contribution in [0.5, 0.6) is 0 Å². The van der Waals surface area contributed by atoms with Gasteiger partial charge in [0.2, 0.25) is 0 Å². The first-order valence-electron chi connectivity index (χ1n) is 5.83. The van der Waals surface area contributed by atoms with E-state index >= 15 is 0 Å². The Morgan fingerprint density at radius 3 is 2.29 bits per heavy atom. The van der Waals surface area contributed by atoms with Gasteiger partial charge in [-0.25, -0.2) is 0 Å². The predicted octanol–water partition coefficient (Wildman–Crippen LogP) is 1.08. The summed E-state index contributed by atoms with van der Waals surface area (Å²) in [6.07, 6.45) is 2.45. The number of hydrogen-bond donors (Lipinski definition) is 1. The molecule has 1 heterocycles. The Morgan fingerprint density at radius 1 is 1.21 bits per heavy atom. The SMILES string of the molecule is CCCN(CCC)CC1COCC1N. The summed E-state index contributed by atoms with van der Waals surface area (Å²) in [7, 11) is 0. The molecule has 1 saturated heterocycles. The molecular weight excluding hydrogens is 176 g/mol. The predicted molar refractivity (Wildman–Crippen MR) is 59.3 cm³/mol. The summed E-state index contributed by atoms with van der Waals surface area (Å²) in [6, 6.07) is 0.256. The van der Waals surface area contributed by atoms with Crippen molar-refractivity contribution in [1.29, 1.82) is 0 Å². The maximum absolute atomic E-state index is 5.97. The minimum atomic E-state index is 0.256. The number of nitrogens with two attached hydrogens (primary N) is 1. The second kappa shape index (κ2) is 6.38. The van der Waals surface area contributed by atoms with Crippen LogP contribution in [0.2, 0.25) is 0 Å². The molecule has 0 spiro atoms. The normalized spacial score (nSPS) is 27.4. The fourth-order valence-electron chi connectivity index (χ4n) is 2.06. The summed E-state index contributed by atoms with van der Waals surface area (Å²) in [6.45, 7) is 9.56. The largest absolute Gasteiger partial charge is 0.379 e. The minimum absolute atomic E-state index is 0.256. The molecule has 1 aliphatic heterocycles. The third kappa shape index (κ3) is 3.56. The summed E-state index contributed by atoms with van der Waals surface area (Å²) in [5, 5.41) is 0. The molecule has 0 aromatic rings. The fourth-order valence-corrected chi connectivity index (χ4v) is 2.06. The van der Waals surface area contributed by atoms with Gasteiger partial charge in [0.05, 0.1) is 13.2 Å². The molecular formula is C11H24N2O. The van der Waals surface area contributed by atoms with E-state index in [0.717, 1.165) is 19.8 Å². The van der Waals surface area contributed by atoms with Gasteiger partial charge in [-0.15, -0.1) is 0 Å². The highest BCUT2D eigenvalue weighted by Crippen LogP contribution is 2.13. The van der Waals surface area contributed by atoms with Crippen LogP contribution in [0, 0.1) is 5.92 Å². The van der Waals surface area contributed by atoms with Crippen LogP contribution >= 0.6 is 0 Å². The van der Waals surface area contributed by atoms with E-state index in [2.05, 4.69) is 18.7 Å². The zero-order chi connectivity index (χ0) is 10.4. The first-order chi connectivity index (χ1) is 6.77.